The number of ether oxygens (including phenoxy) is 1. The molecule has 2 rings (SSSR count). The Kier molecular flexibility index (Phi) is 2.23. The van der Waals surface area contributed by atoms with Crippen molar-refractivity contribution >= 4 is 0 Å². The molecule has 1 aliphatic carbocycles. The van der Waals surface area contributed by atoms with Crippen molar-refractivity contribution in [1.82, 2.24) is 0 Å². The normalized spacial score (nSPS) is 25.7. The minimum atomic E-state index is 0.681. The summed E-state index contributed by atoms with van der Waals surface area (Å²) in [4.78, 5) is 0. The highest BCUT2D eigenvalue weighted by molar-refractivity contribution is 5.34. The number of methoxy groups -OCH3 is 1. The lowest BCUT2D eigenvalue weighted by Crippen LogP contribution is -2.01. The van der Waals surface area contributed by atoms with E-state index >= 15 is 0 Å². The molecule has 2 heteroatoms. The van der Waals surface area contributed by atoms with Gasteiger partial charge in [0, 0.05) is 0 Å². The molecule has 0 radical (unpaired) electrons. The van der Waals surface area contributed by atoms with Crippen LogP contribution in [0.1, 0.15) is 17.9 Å². The summed E-state index contributed by atoms with van der Waals surface area (Å²) < 4.78 is 5.17. The molecule has 1 aromatic rings. The maximum atomic E-state index is 5.60. The van der Waals surface area contributed by atoms with Gasteiger partial charge in [0.25, 0.3) is 0 Å². The van der Waals surface area contributed by atoms with Crippen molar-refractivity contribution in [2.45, 2.75) is 12.3 Å². The molecule has 1 saturated carbocycles. The summed E-state index contributed by atoms with van der Waals surface area (Å²) in [5.74, 6) is 2.33. The lowest BCUT2D eigenvalue weighted by Gasteiger charge is -2.02. The summed E-state index contributed by atoms with van der Waals surface area (Å²) in [5, 5.41) is 0. The summed E-state index contributed by atoms with van der Waals surface area (Å²) in [7, 11) is 1.70. The second-order valence-electron chi connectivity index (χ2n) is 3.61. The number of nitrogens with two attached hydrogens (primary N) is 1. The van der Waals surface area contributed by atoms with Gasteiger partial charge in [-0.3, -0.25) is 0 Å². The summed E-state index contributed by atoms with van der Waals surface area (Å²) in [6.45, 7) is 0.807. The van der Waals surface area contributed by atoms with E-state index in [4.69, 9.17) is 10.5 Å². The molecule has 0 aliphatic heterocycles. The SMILES string of the molecule is COc1cccc([C@H]2C[C@H]2CN)c1. The van der Waals surface area contributed by atoms with Crippen LogP contribution in [0.15, 0.2) is 24.3 Å². The van der Waals surface area contributed by atoms with Crippen LogP contribution in [-0.2, 0) is 0 Å². The molecule has 2 nitrogen and oxygen atoms in total. The molecule has 2 N–H and O–H groups in total. The second kappa shape index (κ2) is 3.38. The predicted octanol–water partition coefficient (Wildman–Crippen LogP) is 1.76. The predicted molar refractivity (Wildman–Crippen MR) is 52.9 cm³/mol. The third-order valence-electron chi connectivity index (χ3n) is 2.75. The standard InChI is InChI=1S/C11H15NO/c1-13-10-4-2-3-8(5-10)11-6-9(11)7-12/h2-5,9,11H,6-7,12H2,1H3/t9-,11+/m0/s1. The highest BCUT2D eigenvalue weighted by atomic mass is 16.5. The van der Waals surface area contributed by atoms with Gasteiger partial charge in [0.05, 0.1) is 7.11 Å². The fraction of sp³-hybridized carbons (Fsp3) is 0.455. The van der Waals surface area contributed by atoms with E-state index in [0.29, 0.717) is 11.8 Å². The molecule has 1 aliphatic rings. The quantitative estimate of drug-likeness (QED) is 0.763. The number of rotatable bonds is 3. The van der Waals surface area contributed by atoms with E-state index in [1.54, 1.807) is 7.11 Å². The van der Waals surface area contributed by atoms with Crippen molar-refractivity contribution in [3.8, 4) is 5.75 Å². The average molecular weight is 177 g/mol. The molecule has 1 aromatic carbocycles. The van der Waals surface area contributed by atoms with Crippen LogP contribution in [0.5, 0.6) is 5.75 Å². The molecule has 0 bridgehead atoms. The zero-order valence-electron chi connectivity index (χ0n) is 7.86. The Labute approximate surface area is 78.7 Å². The van der Waals surface area contributed by atoms with Crippen molar-refractivity contribution in [3.63, 3.8) is 0 Å². The fourth-order valence-electron chi connectivity index (χ4n) is 1.79. The van der Waals surface area contributed by atoms with Gasteiger partial charge in [-0.2, -0.15) is 0 Å². The van der Waals surface area contributed by atoms with Crippen molar-refractivity contribution in [2.24, 2.45) is 11.7 Å². The third kappa shape index (κ3) is 1.68. The Morgan fingerprint density at radius 2 is 2.38 bits per heavy atom. The van der Waals surface area contributed by atoms with Gasteiger partial charge in [0.2, 0.25) is 0 Å². The number of benzene rings is 1. The third-order valence-corrected chi connectivity index (χ3v) is 2.75. The van der Waals surface area contributed by atoms with Gasteiger partial charge in [0.15, 0.2) is 0 Å². The lowest BCUT2D eigenvalue weighted by molar-refractivity contribution is 0.414. The maximum absolute atomic E-state index is 5.60. The summed E-state index contributed by atoms with van der Waals surface area (Å²) >= 11 is 0. The van der Waals surface area contributed by atoms with E-state index in [1.807, 2.05) is 12.1 Å². The van der Waals surface area contributed by atoms with Crippen LogP contribution in [0.4, 0.5) is 0 Å². The topological polar surface area (TPSA) is 35.2 Å². The molecule has 13 heavy (non-hydrogen) atoms. The fourth-order valence-corrected chi connectivity index (χ4v) is 1.79. The summed E-state index contributed by atoms with van der Waals surface area (Å²) in [6, 6.07) is 8.28. The second-order valence-corrected chi connectivity index (χ2v) is 3.61. The Balaban J connectivity index is 2.13. The molecule has 1 fully saturated rings. The molecule has 0 amide bonds. The smallest absolute Gasteiger partial charge is 0.119 e. The van der Waals surface area contributed by atoms with Gasteiger partial charge in [0.1, 0.15) is 5.75 Å². The van der Waals surface area contributed by atoms with Gasteiger partial charge in [-0.25, -0.2) is 0 Å². The first-order chi connectivity index (χ1) is 6.35. The molecular formula is C11H15NO. The molecule has 0 unspecified atom stereocenters. The Morgan fingerprint density at radius 3 is 3.00 bits per heavy atom. The zero-order chi connectivity index (χ0) is 9.26. The van der Waals surface area contributed by atoms with E-state index in [2.05, 4.69) is 12.1 Å². The van der Waals surface area contributed by atoms with Gasteiger partial charge in [-0.05, 0) is 42.5 Å². The molecule has 2 atom stereocenters. The van der Waals surface area contributed by atoms with Crippen molar-refractivity contribution in [2.75, 3.05) is 13.7 Å². The van der Waals surface area contributed by atoms with Gasteiger partial charge < -0.3 is 10.5 Å². The van der Waals surface area contributed by atoms with Crippen molar-refractivity contribution < 1.29 is 4.74 Å². The van der Waals surface area contributed by atoms with Gasteiger partial charge >= 0.3 is 0 Å². The van der Waals surface area contributed by atoms with E-state index in [-0.39, 0.29) is 0 Å². The first kappa shape index (κ1) is 8.57. The van der Waals surface area contributed by atoms with Crippen molar-refractivity contribution in [3.05, 3.63) is 29.8 Å². The van der Waals surface area contributed by atoms with Crippen LogP contribution in [0, 0.1) is 5.92 Å². The molecule has 70 valence electrons. The van der Waals surface area contributed by atoms with Crippen LogP contribution in [0.25, 0.3) is 0 Å². The molecule has 0 saturated heterocycles. The first-order valence-corrected chi connectivity index (χ1v) is 4.69. The van der Waals surface area contributed by atoms with E-state index < -0.39 is 0 Å². The van der Waals surface area contributed by atoms with E-state index in [1.165, 1.54) is 12.0 Å². The summed E-state index contributed by atoms with van der Waals surface area (Å²) in [6.07, 6.45) is 1.24. The largest absolute Gasteiger partial charge is 0.497 e. The first-order valence-electron chi connectivity index (χ1n) is 4.69. The summed E-state index contributed by atoms with van der Waals surface area (Å²) in [5.41, 5.74) is 6.97. The Bertz CT molecular complexity index is 298. The van der Waals surface area contributed by atoms with Gasteiger partial charge in [-0.15, -0.1) is 0 Å². The molecule has 0 heterocycles. The minimum absolute atomic E-state index is 0.681. The van der Waals surface area contributed by atoms with E-state index in [9.17, 15) is 0 Å². The number of hydrogen-bond acceptors (Lipinski definition) is 2. The monoisotopic (exact) mass is 177 g/mol. The van der Waals surface area contributed by atoms with E-state index in [0.717, 1.165) is 12.3 Å². The number of hydrogen-bond donors (Lipinski definition) is 1. The van der Waals surface area contributed by atoms with Crippen molar-refractivity contribution in [1.29, 1.82) is 0 Å². The minimum Gasteiger partial charge on any atom is -0.497 e. The average Bonchev–Trinajstić information content (AvgIpc) is 2.97. The lowest BCUT2D eigenvalue weighted by atomic mass is 10.1. The molecule has 0 spiro atoms. The van der Waals surface area contributed by atoms with Gasteiger partial charge in [-0.1, -0.05) is 12.1 Å². The zero-order valence-corrected chi connectivity index (χ0v) is 7.86. The molecular weight excluding hydrogens is 162 g/mol. The van der Waals surface area contributed by atoms with Crippen LogP contribution < -0.4 is 10.5 Å². The van der Waals surface area contributed by atoms with Crippen LogP contribution in [0.2, 0.25) is 0 Å². The maximum Gasteiger partial charge on any atom is 0.119 e. The van der Waals surface area contributed by atoms with Crippen LogP contribution >= 0.6 is 0 Å². The van der Waals surface area contributed by atoms with Crippen LogP contribution in [-0.4, -0.2) is 13.7 Å². The molecule has 0 aromatic heterocycles. The highest BCUT2D eigenvalue weighted by Crippen LogP contribution is 2.47. The highest BCUT2D eigenvalue weighted by Gasteiger charge is 2.36. The van der Waals surface area contributed by atoms with Crippen LogP contribution in [0.3, 0.4) is 0 Å². The Morgan fingerprint density at radius 1 is 1.54 bits per heavy atom. The Hall–Kier alpha value is -1.02.